The maximum atomic E-state index is 12.9. The van der Waals surface area contributed by atoms with Crippen LogP contribution in [0.25, 0.3) is 0 Å². The van der Waals surface area contributed by atoms with E-state index in [0.29, 0.717) is 30.4 Å². The molecule has 4 heteroatoms. The van der Waals surface area contributed by atoms with Crippen LogP contribution in [-0.2, 0) is 15.0 Å². The fraction of sp³-hybridized carbons (Fsp3) is 0.286. The summed E-state index contributed by atoms with van der Waals surface area (Å²) in [6, 6.07) is 17.6. The minimum atomic E-state index is -1.42. The van der Waals surface area contributed by atoms with E-state index in [-0.39, 0.29) is 17.3 Å². The van der Waals surface area contributed by atoms with Gasteiger partial charge in [-0.1, -0.05) is 42.5 Å². The molecule has 0 aliphatic heterocycles. The lowest BCUT2D eigenvalue weighted by Crippen LogP contribution is -2.53. The Bertz CT molecular complexity index is 851. The van der Waals surface area contributed by atoms with Crippen LogP contribution >= 0.6 is 0 Å². The first kappa shape index (κ1) is 16.9. The maximum Gasteiger partial charge on any atom is 0.148 e. The molecule has 1 fully saturated rings. The zero-order valence-corrected chi connectivity index (χ0v) is 14.0. The third-order valence-corrected chi connectivity index (χ3v) is 5.35. The number of rotatable bonds is 4. The highest BCUT2D eigenvalue weighted by Gasteiger charge is 2.63. The standard InChI is InChI=1S/C21H19NO3/c1-15(23)20(13-5-8-19(20)25)21(14-22,16-6-3-2-4-7-16)17-9-11-18(24)12-10-17/h2-4,6-7,9-12,24H,5,8,13H2,1H3/t20-,21+/m1/s1. The predicted octanol–water partition coefficient (Wildman–Crippen LogP) is 3.53. The van der Waals surface area contributed by atoms with E-state index >= 15 is 0 Å². The van der Waals surface area contributed by atoms with E-state index in [1.807, 2.05) is 6.07 Å². The Kier molecular flexibility index (Phi) is 4.18. The summed E-state index contributed by atoms with van der Waals surface area (Å²) < 4.78 is 0. The minimum Gasteiger partial charge on any atom is -0.508 e. The van der Waals surface area contributed by atoms with Gasteiger partial charge in [-0.05, 0) is 43.0 Å². The first-order valence-corrected chi connectivity index (χ1v) is 8.29. The Balaban J connectivity index is 2.40. The van der Waals surface area contributed by atoms with Gasteiger partial charge < -0.3 is 5.11 Å². The lowest BCUT2D eigenvalue weighted by molar-refractivity contribution is -0.139. The van der Waals surface area contributed by atoms with Gasteiger partial charge in [0, 0.05) is 6.42 Å². The highest BCUT2D eigenvalue weighted by molar-refractivity contribution is 6.10. The van der Waals surface area contributed by atoms with Gasteiger partial charge in [0.1, 0.15) is 28.1 Å². The molecule has 0 aromatic heterocycles. The number of hydrogen-bond donors (Lipinski definition) is 1. The van der Waals surface area contributed by atoms with Crippen LogP contribution in [0.4, 0.5) is 0 Å². The van der Waals surface area contributed by atoms with Gasteiger partial charge in [0.25, 0.3) is 0 Å². The second-order valence-corrected chi connectivity index (χ2v) is 6.51. The van der Waals surface area contributed by atoms with Crippen molar-refractivity contribution in [3.63, 3.8) is 0 Å². The quantitative estimate of drug-likeness (QED) is 0.868. The lowest BCUT2D eigenvalue weighted by atomic mass is 9.54. The number of carbonyl (C=O) groups is 2. The minimum absolute atomic E-state index is 0.0678. The summed E-state index contributed by atoms with van der Waals surface area (Å²) in [5.41, 5.74) is -1.65. The number of hydrogen-bond acceptors (Lipinski definition) is 4. The Morgan fingerprint density at radius 1 is 1.12 bits per heavy atom. The van der Waals surface area contributed by atoms with Crippen LogP contribution in [0.1, 0.15) is 37.3 Å². The van der Waals surface area contributed by atoms with Crippen molar-refractivity contribution < 1.29 is 14.7 Å². The number of aromatic hydroxyl groups is 1. The molecule has 4 nitrogen and oxygen atoms in total. The number of carbonyl (C=O) groups excluding carboxylic acids is 2. The van der Waals surface area contributed by atoms with Crippen LogP contribution in [-0.4, -0.2) is 16.7 Å². The molecule has 3 rings (SSSR count). The molecule has 1 N–H and O–H groups in total. The molecule has 0 bridgehead atoms. The van der Waals surface area contributed by atoms with E-state index in [4.69, 9.17) is 0 Å². The summed E-state index contributed by atoms with van der Waals surface area (Å²) in [4.78, 5) is 25.7. The van der Waals surface area contributed by atoms with E-state index < -0.39 is 10.8 Å². The first-order valence-electron chi connectivity index (χ1n) is 8.29. The average molecular weight is 333 g/mol. The van der Waals surface area contributed by atoms with Crippen molar-refractivity contribution in [3.05, 3.63) is 65.7 Å². The Hall–Kier alpha value is -2.93. The molecule has 2 aromatic rings. The molecule has 1 aliphatic rings. The zero-order chi connectivity index (χ0) is 18.1. The van der Waals surface area contributed by atoms with Gasteiger partial charge in [-0.15, -0.1) is 0 Å². The molecule has 1 aliphatic carbocycles. The largest absolute Gasteiger partial charge is 0.508 e. The molecule has 0 saturated heterocycles. The molecule has 126 valence electrons. The van der Waals surface area contributed by atoms with Gasteiger partial charge in [0.15, 0.2) is 0 Å². The lowest BCUT2D eigenvalue weighted by Gasteiger charge is -2.42. The van der Waals surface area contributed by atoms with Crippen molar-refractivity contribution in [2.24, 2.45) is 5.41 Å². The molecule has 2 atom stereocenters. The number of phenolic OH excluding ortho intramolecular Hbond substituents is 1. The van der Waals surface area contributed by atoms with Gasteiger partial charge in [-0.3, -0.25) is 9.59 Å². The molecular formula is C21H19NO3. The molecule has 2 aromatic carbocycles. The predicted molar refractivity (Wildman–Crippen MR) is 92.9 cm³/mol. The molecule has 1 saturated carbocycles. The van der Waals surface area contributed by atoms with Gasteiger partial charge in [0.05, 0.1) is 6.07 Å². The monoisotopic (exact) mass is 333 g/mol. The summed E-state index contributed by atoms with van der Waals surface area (Å²) >= 11 is 0. The number of benzene rings is 2. The van der Waals surface area contributed by atoms with Gasteiger partial charge >= 0.3 is 0 Å². The summed E-state index contributed by atoms with van der Waals surface area (Å²) in [5.74, 6) is -0.398. The molecule has 0 unspecified atom stereocenters. The number of phenols is 1. The SMILES string of the molecule is CC(=O)[C@]1([C@@](C#N)(c2ccccc2)c2ccc(O)cc2)CCCC1=O. The van der Waals surface area contributed by atoms with Crippen molar-refractivity contribution in [2.45, 2.75) is 31.6 Å². The van der Waals surface area contributed by atoms with Gasteiger partial charge in [-0.25, -0.2) is 0 Å². The molecule has 0 heterocycles. The Labute approximate surface area is 146 Å². The smallest absolute Gasteiger partial charge is 0.148 e. The highest BCUT2D eigenvalue weighted by atomic mass is 16.3. The van der Waals surface area contributed by atoms with Gasteiger partial charge in [0.2, 0.25) is 0 Å². The number of Topliss-reactive ketones (excluding diaryl/α,β-unsaturated/α-hetero) is 2. The Morgan fingerprint density at radius 3 is 2.20 bits per heavy atom. The topological polar surface area (TPSA) is 78.2 Å². The van der Waals surface area contributed by atoms with Crippen molar-refractivity contribution >= 4 is 11.6 Å². The Morgan fingerprint density at radius 2 is 1.72 bits per heavy atom. The van der Waals surface area contributed by atoms with Crippen LogP contribution in [0.15, 0.2) is 54.6 Å². The summed E-state index contributed by atoms with van der Waals surface area (Å²) in [6.07, 6.45) is 1.24. The van der Waals surface area contributed by atoms with Crippen molar-refractivity contribution in [3.8, 4) is 11.8 Å². The van der Waals surface area contributed by atoms with E-state index in [1.165, 1.54) is 19.1 Å². The summed E-state index contributed by atoms with van der Waals surface area (Å²) in [6.45, 7) is 1.40. The van der Waals surface area contributed by atoms with Gasteiger partial charge in [-0.2, -0.15) is 5.26 Å². The van der Waals surface area contributed by atoms with Crippen LogP contribution < -0.4 is 0 Å². The van der Waals surface area contributed by atoms with Crippen LogP contribution in [0, 0.1) is 16.7 Å². The van der Waals surface area contributed by atoms with Crippen LogP contribution in [0.2, 0.25) is 0 Å². The second kappa shape index (κ2) is 6.18. The average Bonchev–Trinajstić information content (AvgIpc) is 3.01. The maximum absolute atomic E-state index is 12.9. The summed E-state index contributed by atoms with van der Waals surface area (Å²) in [7, 11) is 0. The van der Waals surface area contributed by atoms with E-state index in [2.05, 4.69) is 6.07 Å². The molecule has 25 heavy (non-hydrogen) atoms. The number of nitriles is 1. The molecule has 0 spiro atoms. The third kappa shape index (κ3) is 2.27. The fourth-order valence-electron chi connectivity index (χ4n) is 4.18. The third-order valence-electron chi connectivity index (χ3n) is 5.35. The molecule has 0 amide bonds. The number of ketones is 2. The van der Waals surface area contributed by atoms with E-state index in [1.54, 1.807) is 36.4 Å². The molecule has 0 radical (unpaired) electrons. The first-order chi connectivity index (χ1) is 12.0. The normalized spacial score (nSPS) is 22.2. The van der Waals surface area contributed by atoms with Crippen molar-refractivity contribution in [2.75, 3.05) is 0 Å². The summed E-state index contributed by atoms with van der Waals surface area (Å²) in [5, 5.41) is 20.0. The zero-order valence-electron chi connectivity index (χ0n) is 14.0. The fourth-order valence-corrected chi connectivity index (χ4v) is 4.18. The van der Waals surface area contributed by atoms with E-state index in [0.717, 1.165) is 0 Å². The van der Waals surface area contributed by atoms with Crippen molar-refractivity contribution in [1.29, 1.82) is 5.26 Å². The van der Waals surface area contributed by atoms with Crippen LogP contribution in [0.3, 0.4) is 0 Å². The highest BCUT2D eigenvalue weighted by Crippen LogP contribution is 2.54. The number of nitrogens with zero attached hydrogens (tertiary/aromatic N) is 1. The van der Waals surface area contributed by atoms with Crippen molar-refractivity contribution in [1.82, 2.24) is 0 Å². The van der Waals surface area contributed by atoms with Crippen LogP contribution in [0.5, 0.6) is 5.75 Å². The van der Waals surface area contributed by atoms with E-state index in [9.17, 15) is 20.0 Å². The molecular weight excluding hydrogens is 314 g/mol. The second-order valence-electron chi connectivity index (χ2n) is 6.51.